The van der Waals surface area contributed by atoms with Crippen molar-refractivity contribution < 1.29 is 8.78 Å². The maximum absolute atomic E-state index is 13.4. The van der Waals surface area contributed by atoms with Gasteiger partial charge in [-0.25, -0.2) is 8.78 Å². The van der Waals surface area contributed by atoms with Crippen molar-refractivity contribution in [2.24, 2.45) is 0 Å². The van der Waals surface area contributed by atoms with Gasteiger partial charge in [-0.05, 0) is 18.9 Å². The topological polar surface area (TPSA) is 0 Å². The molecule has 0 aromatic heterocycles. The molecule has 0 aliphatic carbocycles. The van der Waals surface area contributed by atoms with Gasteiger partial charge in [-0.3, -0.25) is 0 Å². The summed E-state index contributed by atoms with van der Waals surface area (Å²) in [6.45, 7) is 6.76. The van der Waals surface area contributed by atoms with Crippen LogP contribution in [0.5, 0.6) is 0 Å². The summed E-state index contributed by atoms with van der Waals surface area (Å²) in [6.07, 6.45) is 1.41. The lowest BCUT2D eigenvalue weighted by atomic mass is 10.1. The lowest BCUT2D eigenvalue weighted by Gasteiger charge is -2.09. The van der Waals surface area contributed by atoms with Gasteiger partial charge < -0.3 is 0 Å². The standard InChI is InChI=1S/C10H7Cl2F2/c1-3-4-6-9(13)7(11)5(2)8(12)10(6)14/h3H,1-2,4H2. The van der Waals surface area contributed by atoms with Crippen molar-refractivity contribution in [1.29, 1.82) is 0 Å². The first-order chi connectivity index (χ1) is 6.50. The maximum atomic E-state index is 13.4. The highest BCUT2D eigenvalue weighted by Gasteiger charge is 2.19. The maximum Gasteiger partial charge on any atom is 0.148 e. The Morgan fingerprint density at radius 3 is 1.93 bits per heavy atom. The first-order valence-electron chi connectivity index (χ1n) is 3.78. The normalized spacial score (nSPS) is 10.4. The Bertz CT molecular complexity index is 357. The average molecular weight is 236 g/mol. The fraction of sp³-hybridized carbons (Fsp3) is 0.100. The largest absolute Gasteiger partial charge is 0.205 e. The van der Waals surface area contributed by atoms with E-state index in [4.69, 9.17) is 23.2 Å². The highest BCUT2D eigenvalue weighted by atomic mass is 35.5. The smallest absolute Gasteiger partial charge is 0.148 e. The minimum absolute atomic E-state index is 0.0313. The summed E-state index contributed by atoms with van der Waals surface area (Å²) in [6, 6.07) is 0. The van der Waals surface area contributed by atoms with Crippen LogP contribution in [0.3, 0.4) is 0 Å². The van der Waals surface area contributed by atoms with E-state index < -0.39 is 11.6 Å². The molecule has 1 rings (SSSR count). The zero-order valence-electron chi connectivity index (χ0n) is 7.21. The third-order valence-electron chi connectivity index (χ3n) is 1.79. The Labute approximate surface area is 91.1 Å². The van der Waals surface area contributed by atoms with Gasteiger partial charge in [0.15, 0.2) is 0 Å². The monoisotopic (exact) mass is 235 g/mol. The Hall–Kier alpha value is -0.600. The Morgan fingerprint density at radius 1 is 1.14 bits per heavy atom. The lowest BCUT2D eigenvalue weighted by molar-refractivity contribution is 0.562. The molecule has 0 fully saturated rings. The van der Waals surface area contributed by atoms with Crippen molar-refractivity contribution in [3.8, 4) is 0 Å². The molecule has 0 spiro atoms. The highest BCUT2D eigenvalue weighted by Crippen LogP contribution is 2.32. The molecule has 0 nitrogen and oxygen atoms in total. The second kappa shape index (κ2) is 4.28. The van der Waals surface area contributed by atoms with Gasteiger partial charge in [0.25, 0.3) is 0 Å². The van der Waals surface area contributed by atoms with Gasteiger partial charge in [0.2, 0.25) is 0 Å². The molecule has 0 saturated heterocycles. The average Bonchev–Trinajstić information content (AvgIpc) is 2.19. The molecule has 0 heterocycles. The molecule has 0 aliphatic rings. The Balaban J connectivity index is 3.50. The predicted octanol–water partition coefficient (Wildman–Crippen LogP) is 4.18. The van der Waals surface area contributed by atoms with Crippen molar-refractivity contribution >= 4 is 23.2 Å². The molecular formula is C10H7Cl2F2. The molecule has 0 saturated carbocycles. The Kier molecular flexibility index (Phi) is 3.51. The van der Waals surface area contributed by atoms with E-state index in [0.717, 1.165) is 0 Å². The second-order valence-electron chi connectivity index (χ2n) is 2.71. The van der Waals surface area contributed by atoms with Crippen molar-refractivity contribution in [3.05, 3.63) is 52.4 Å². The van der Waals surface area contributed by atoms with Crippen molar-refractivity contribution in [3.63, 3.8) is 0 Å². The van der Waals surface area contributed by atoms with Crippen LogP contribution in [0.25, 0.3) is 0 Å². The molecule has 1 aromatic carbocycles. The van der Waals surface area contributed by atoms with Gasteiger partial charge in [-0.1, -0.05) is 29.3 Å². The summed E-state index contributed by atoms with van der Waals surface area (Å²) in [5.41, 5.74) is -0.210. The fourth-order valence-electron chi connectivity index (χ4n) is 1.05. The van der Waals surface area contributed by atoms with E-state index in [2.05, 4.69) is 13.5 Å². The van der Waals surface area contributed by atoms with Gasteiger partial charge in [-0.15, -0.1) is 6.58 Å². The molecule has 75 valence electrons. The molecule has 0 unspecified atom stereocenters. The van der Waals surface area contributed by atoms with E-state index in [0.29, 0.717) is 0 Å². The van der Waals surface area contributed by atoms with E-state index in [1.165, 1.54) is 6.08 Å². The van der Waals surface area contributed by atoms with E-state index in [1.807, 2.05) is 0 Å². The fourth-order valence-corrected chi connectivity index (χ4v) is 1.51. The molecule has 0 atom stereocenters. The molecule has 14 heavy (non-hydrogen) atoms. The van der Waals surface area contributed by atoms with E-state index in [-0.39, 0.29) is 27.6 Å². The van der Waals surface area contributed by atoms with Crippen LogP contribution in [0, 0.1) is 18.6 Å². The third kappa shape index (κ3) is 1.77. The highest BCUT2D eigenvalue weighted by molar-refractivity contribution is 6.36. The van der Waals surface area contributed by atoms with Crippen molar-refractivity contribution in [2.75, 3.05) is 0 Å². The molecule has 4 heteroatoms. The van der Waals surface area contributed by atoms with Gasteiger partial charge in [-0.2, -0.15) is 0 Å². The molecule has 1 radical (unpaired) electrons. The molecule has 1 aromatic rings. The van der Waals surface area contributed by atoms with Gasteiger partial charge in [0.1, 0.15) is 11.6 Å². The SMILES string of the molecule is [CH2]c1c(Cl)c(F)c(CC=C)c(F)c1Cl. The predicted molar refractivity (Wildman–Crippen MR) is 54.7 cm³/mol. The van der Waals surface area contributed by atoms with Gasteiger partial charge in [0, 0.05) is 5.56 Å². The number of hydrogen-bond acceptors (Lipinski definition) is 0. The molecule has 0 amide bonds. The summed E-state index contributed by atoms with van der Waals surface area (Å²) < 4.78 is 26.7. The lowest BCUT2D eigenvalue weighted by Crippen LogP contribution is -1.99. The number of halogens is 4. The summed E-state index contributed by atoms with van der Waals surface area (Å²) in [4.78, 5) is 0. The number of hydrogen-bond donors (Lipinski definition) is 0. The Morgan fingerprint density at radius 2 is 1.57 bits per heavy atom. The van der Waals surface area contributed by atoms with E-state index in [9.17, 15) is 8.78 Å². The molecule has 0 aliphatic heterocycles. The van der Waals surface area contributed by atoms with Crippen LogP contribution in [0.15, 0.2) is 12.7 Å². The van der Waals surface area contributed by atoms with Crippen LogP contribution >= 0.6 is 23.2 Å². The van der Waals surface area contributed by atoms with E-state index >= 15 is 0 Å². The summed E-state index contributed by atoms with van der Waals surface area (Å²) in [5.74, 6) is -1.64. The number of rotatable bonds is 2. The quantitative estimate of drug-likeness (QED) is 0.533. The van der Waals surface area contributed by atoms with Gasteiger partial charge >= 0.3 is 0 Å². The molecule has 0 bridgehead atoms. The first kappa shape index (κ1) is 11.5. The molecule has 0 N–H and O–H groups in total. The van der Waals surface area contributed by atoms with Crippen LogP contribution in [-0.4, -0.2) is 0 Å². The van der Waals surface area contributed by atoms with Crippen LogP contribution < -0.4 is 0 Å². The number of allylic oxidation sites excluding steroid dienone is 1. The summed E-state index contributed by atoms with van der Waals surface area (Å²) >= 11 is 11.1. The summed E-state index contributed by atoms with van der Waals surface area (Å²) in [7, 11) is 0. The number of benzene rings is 1. The van der Waals surface area contributed by atoms with Crippen molar-refractivity contribution in [2.45, 2.75) is 6.42 Å². The van der Waals surface area contributed by atoms with Crippen LogP contribution in [-0.2, 0) is 6.42 Å². The van der Waals surface area contributed by atoms with E-state index in [1.54, 1.807) is 0 Å². The van der Waals surface area contributed by atoms with Gasteiger partial charge in [0.05, 0.1) is 10.0 Å². The summed E-state index contributed by atoms with van der Waals surface area (Å²) in [5, 5.41) is -0.485. The van der Waals surface area contributed by atoms with Crippen LogP contribution in [0.4, 0.5) is 8.78 Å². The minimum atomic E-state index is -0.821. The third-order valence-corrected chi connectivity index (χ3v) is 2.58. The van der Waals surface area contributed by atoms with Crippen molar-refractivity contribution in [1.82, 2.24) is 0 Å². The van der Waals surface area contributed by atoms with Crippen LogP contribution in [0.2, 0.25) is 10.0 Å². The molecular weight excluding hydrogens is 229 g/mol. The zero-order valence-corrected chi connectivity index (χ0v) is 8.72. The second-order valence-corrected chi connectivity index (χ2v) is 3.46. The first-order valence-corrected chi connectivity index (χ1v) is 4.54. The minimum Gasteiger partial charge on any atom is -0.205 e. The zero-order chi connectivity index (χ0) is 10.9. The van der Waals surface area contributed by atoms with Crippen LogP contribution in [0.1, 0.15) is 11.1 Å².